The zero-order valence-electron chi connectivity index (χ0n) is 11.6. The van der Waals surface area contributed by atoms with Crippen LogP contribution >= 0.6 is 0 Å². The number of primary amides is 1. The van der Waals surface area contributed by atoms with Crippen molar-refractivity contribution in [3.8, 4) is 0 Å². The van der Waals surface area contributed by atoms with Crippen molar-refractivity contribution in [2.75, 3.05) is 31.5 Å². The highest BCUT2D eigenvalue weighted by Gasteiger charge is 2.24. The standard InChI is InChI=1S/C14H20N4O2/c1-2-18(12-7-16-8-12)9-13(19)17-11-5-3-10(4-6-11)14(15)20/h3-6,12,16H,2,7-9H2,1H3,(H2,15,20)(H,17,19). The normalized spacial score (nSPS) is 14.9. The molecule has 1 saturated heterocycles. The van der Waals surface area contributed by atoms with E-state index in [1.54, 1.807) is 24.3 Å². The second kappa shape index (κ2) is 6.49. The predicted molar refractivity (Wildman–Crippen MR) is 77.5 cm³/mol. The van der Waals surface area contributed by atoms with Gasteiger partial charge in [0.1, 0.15) is 0 Å². The molecule has 1 aromatic carbocycles. The van der Waals surface area contributed by atoms with Crippen LogP contribution in [0, 0.1) is 0 Å². The first-order chi connectivity index (χ1) is 9.60. The van der Waals surface area contributed by atoms with Gasteiger partial charge in [-0.25, -0.2) is 0 Å². The molecule has 0 spiro atoms. The fourth-order valence-electron chi connectivity index (χ4n) is 2.13. The SMILES string of the molecule is CCN(CC(=O)Nc1ccc(C(N)=O)cc1)C1CNC1. The Morgan fingerprint density at radius 3 is 2.45 bits per heavy atom. The number of nitrogens with one attached hydrogen (secondary N) is 2. The third-order valence-corrected chi connectivity index (χ3v) is 3.48. The predicted octanol–water partition coefficient (Wildman–Crippen LogP) is 0.0177. The van der Waals surface area contributed by atoms with Crippen molar-refractivity contribution < 1.29 is 9.59 Å². The van der Waals surface area contributed by atoms with Crippen LogP contribution in [0.1, 0.15) is 17.3 Å². The van der Waals surface area contributed by atoms with Crippen LogP contribution in [-0.4, -0.2) is 48.9 Å². The zero-order valence-corrected chi connectivity index (χ0v) is 11.6. The molecule has 1 aliphatic heterocycles. The van der Waals surface area contributed by atoms with Crippen LogP contribution in [-0.2, 0) is 4.79 Å². The van der Waals surface area contributed by atoms with Crippen molar-refractivity contribution in [2.45, 2.75) is 13.0 Å². The van der Waals surface area contributed by atoms with Crippen LogP contribution in [0.25, 0.3) is 0 Å². The smallest absolute Gasteiger partial charge is 0.248 e. The summed E-state index contributed by atoms with van der Waals surface area (Å²) >= 11 is 0. The number of hydrogen-bond donors (Lipinski definition) is 3. The molecule has 2 amide bonds. The number of hydrogen-bond acceptors (Lipinski definition) is 4. The number of rotatable bonds is 6. The molecular formula is C14H20N4O2. The molecular weight excluding hydrogens is 256 g/mol. The second-order valence-electron chi connectivity index (χ2n) is 4.86. The zero-order chi connectivity index (χ0) is 14.5. The van der Waals surface area contributed by atoms with Gasteiger partial charge in [-0.15, -0.1) is 0 Å². The van der Waals surface area contributed by atoms with E-state index in [4.69, 9.17) is 5.73 Å². The molecule has 0 unspecified atom stereocenters. The topological polar surface area (TPSA) is 87.5 Å². The fraction of sp³-hybridized carbons (Fsp3) is 0.429. The molecule has 20 heavy (non-hydrogen) atoms. The van der Waals surface area contributed by atoms with Crippen molar-refractivity contribution in [3.63, 3.8) is 0 Å². The van der Waals surface area contributed by atoms with Gasteiger partial charge in [0.15, 0.2) is 0 Å². The lowest BCUT2D eigenvalue weighted by atomic mass is 10.1. The Morgan fingerprint density at radius 2 is 2.00 bits per heavy atom. The first-order valence-corrected chi connectivity index (χ1v) is 6.74. The van der Waals surface area contributed by atoms with Crippen molar-refractivity contribution in [1.29, 1.82) is 0 Å². The number of carbonyl (C=O) groups excluding carboxylic acids is 2. The van der Waals surface area contributed by atoms with Crippen LogP contribution in [0.4, 0.5) is 5.69 Å². The molecule has 1 aromatic rings. The molecule has 0 aliphatic carbocycles. The first-order valence-electron chi connectivity index (χ1n) is 6.74. The average molecular weight is 276 g/mol. The number of amides is 2. The number of likely N-dealkylation sites (N-methyl/N-ethyl adjacent to an activating group) is 1. The van der Waals surface area contributed by atoms with Crippen LogP contribution in [0.2, 0.25) is 0 Å². The molecule has 108 valence electrons. The molecule has 0 saturated carbocycles. The van der Waals surface area contributed by atoms with Crippen molar-refractivity contribution >= 4 is 17.5 Å². The minimum absolute atomic E-state index is 0.0504. The quantitative estimate of drug-likeness (QED) is 0.683. The van der Waals surface area contributed by atoms with Gasteiger partial charge in [0.05, 0.1) is 6.54 Å². The van der Waals surface area contributed by atoms with Crippen molar-refractivity contribution in [1.82, 2.24) is 10.2 Å². The Bertz CT molecular complexity index is 482. The van der Waals surface area contributed by atoms with E-state index in [1.807, 2.05) is 6.92 Å². The third kappa shape index (κ3) is 3.55. The lowest BCUT2D eigenvalue weighted by molar-refractivity contribution is -0.118. The minimum atomic E-state index is -0.475. The van der Waals surface area contributed by atoms with E-state index in [-0.39, 0.29) is 5.91 Å². The summed E-state index contributed by atoms with van der Waals surface area (Å²) in [6, 6.07) is 7.01. The van der Waals surface area contributed by atoms with Gasteiger partial charge in [-0.1, -0.05) is 6.92 Å². The molecule has 0 radical (unpaired) electrons. The Kier molecular flexibility index (Phi) is 4.70. The molecule has 4 N–H and O–H groups in total. The summed E-state index contributed by atoms with van der Waals surface area (Å²) in [6.45, 7) is 5.15. The van der Waals surface area contributed by atoms with Crippen LogP contribution < -0.4 is 16.4 Å². The van der Waals surface area contributed by atoms with E-state index < -0.39 is 5.91 Å². The summed E-state index contributed by atoms with van der Waals surface area (Å²) in [4.78, 5) is 25.1. The Morgan fingerprint density at radius 1 is 1.35 bits per heavy atom. The van der Waals surface area contributed by atoms with Crippen LogP contribution in [0.15, 0.2) is 24.3 Å². The lowest BCUT2D eigenvalue weighted by Gasteiger charge is -2.37. The highest BCUT2D eigenvalue weighted by molar-refractivity contribution is 5.95. The van der Waals surface area contributed by atoms with Gasteiger partial charge in [-0.3, -0.25) is 14.5 Å². The number of nitrogens with zero attached hydrogens (tertiary/aromatic N) is 1. The van der Waals surface area contributed by atoms with E-state index in [1.165, 1.54) is 0 Å². The Labute approximate surface area is 118 Å². The minimum Gasteiger partial charge on any atom is -0.366 e. The number of nitrogens with two attached hydrogens (primary N) is 1. The lowest BCUT2D eigenvalue weighted by Crippen LogP contribution is -2.58. The third-order valence-electron chi connectivity index (χ3n) is 3.48. The summed E-state index contributed by atoms with van der Waals surface area (Å²) in [5, 5.41) is 6.02. The van der Waals surface area contributed by atoms with E-state index >= 15 is 0 Å². The number of benzene rings is 1. The maximum absolute atomic E-state index is 12.0. The summed E-state index contributed by atoms with van der Waals surface area (Å²) in [5.41, 5.74) is 6.26. The van der Waals surface area contributed by atoms with Gasteiger partial charge in [-0.05, 0) is 30.8 Å². The molecule has 1 fully saturated rings. The monoisotopic (exact) mass is 276 g/mol. The maximum atomic E-state index is 12.0. The molecule has 2 rings (SSSR count). The summed E-state index contributed by atoms with van der Waals surface area (Å²) < 4.78 is 0. The average Bonchev–Trinajstić information content (AvgIpc) is 2.36. The van der Waals surface area contributed by atoms with E-state index in [2.05, 4.69) is 15.5 Å². The molecule has 1 heterocycles. The Balaban J connectivity index is 1.88. The summed E-state index contributed by atoms with van der Waals surface area (Å²) in [5.74, 6) is -0.525. The van der Waals surface area contributed by atoms with Crippen LogP contribution in [0.5, 0.6) is 0 Å². The van der Waals surface area contributed by atoms with Gasteiger partial charge < -0.3 is 16.4 Å². The largest absolute Gasteiger partial charge is 0.366 e. The highest BCUT2D eigenvalue weighted by Crippen LogP contribution is 2.10. The molecule has 0 atom stereocenters. The van der Waals surface area contributed by atoms with Crippen LogP contribution in [0.3, 0.4) is 0 Å². The summed E-state index contributed by atoms with van der Waals surface area (Å²) in [6.07, 6.45) is 0. The Hall–Kier alpha value is -1.92. The molecule has 6 nitrogen and oxygen atoms in total. The van der Waals surface area contributed by atoms with Gasteiger partial charge >= 0.3 is 0 Å². The van der Waals surface area contributed by atoms with Crippen molar-refractivity contribution in [3.05, 3.63) is 29.8 Å². The van der Waals surface area contributed by atoms with Gasteiger partial charge in [0.2, 0.25) is 11.8 Å². The maximum Gasteiger partial charge on any atom is 0.248 e. The molecule has 0 bridgehead atoms. The molecule has 0 aromatic heterocycles. The van der Waals surface area contributed by atoms with E-state index in [0.29, 0.717) is 23.8 Å². The number of anilines is 1. The number of carbonyl (C=O) groups is 2. The van der Waals surface area contributed by atoms with E-state index in [9.17, 15) is 9.59 Å². The highest BCUT2D eigenvalue weighted by atomic mass is 16.2. The molecule has 6 heteroatoms. The molecule has 1 aliphatic rings. The van der Waals surface area contributed by atoms with Gasteiger partial charge in [0, 0.05) is 30.4 Å². The summed E-state index contributed by atoms with van der Waals surface area (Å²) in [7, 11) is 0. The fourth-order valence-corrected chi connectivity index (χ4v) is 2.13. The van der Waals surface area contributed by atoms with Gasteiger partial charge in [-0.2, -0.15) is 0 Å². The second-order valence-corrected chi connectivity index (χ2v) is 4.86. The van der Waals surface area contributed by atoms with Gasteiger partial charge in [0.25, 0.3) is 0 Å². The first kappa shape index (κ1) is 14.5. The van der Waals surface area contributed by atoms with Crippen molar-refractivity contribution in [2.24, 2.45) is 5.73 Å². The van der Waals surface area contributed by atoms with E-state index in [0.717, 1.165) is 19.6 Å².